The Balaban J connectivity index is 1.57. The Kier molecular flexibility index (Phi) is 13.1. The molecule has 1 N–H and O–H groups in total. The second-order valence-corrected chi connectivity index (χ2v) is 13.0. The number of benzene rings is 2. The molecule has 1 heterocycles. The van der Waals surface area contributed by atoms with Crippen LogP contribution in [-0.4, -0.2) is 38.6 Å². The van der Waals surface area contributed by atoms with Gasteiger partial charge in [0.25, 0.3) is 0 Å². The minimum Gasteiger partial charge on any atom is -0.377 e. The van der Waals surface area contributed by atoms with E-state index in [1.54, 1.807) is 13.2 Å². The van der Waals surface area contributed by atoms with Crippen molar-refractivity contribution >= 4 is 17.7 Å². The second kappa shape index (κ2) is 17.0. The summed E-state index contributed by atoms with van der Waals surface area (Å²) in [6.07, 6.45) is 12.5. The molecule has 0 aromatic heterocycles. The van der Waals surface area contributed by atoms with Gasteiger partial charge in [-0.05, 0) is 73.3 Å². The van der Waals surface area contributed by atoms with Crippen LogP contribution in [0.25, 0.3) is 5.70 Å². The third kappa shape index (κ3) is 10.1. The molecule has 2 bridgehead atoms. The van der Waals surface area contributed by atoms with Crippen LogP contribution in [0.3, 0.4) is 0 Å². The molecule has 0 amide bonds. The van der Waals surface area contributed by atoms with Gasteiger partial charge in [0.2, 0.25) is 0 Å². The predicted octanol–water partition coefficient (Wildman–Crippen LogP) is 9.80. The van der Waals surface area contributed by atoms with E-state index in [0.29, 0.717) is 17.2 Å². The third-order valence-electron chi connectivity index (χ3n) is 9.36. The number of anilines is 1. The highest BCUT2D eigenvalue weighted by atomic mass is 19.4. The number of rotatable bonds is 15. The number of methoxy groups -OCH3 is 1. The zero-order valence-electron chi connectivity index (χ0n) is 27.8. The van der Waals surface area contributed by atoms with Crippen LogP contribution < -0.4 is 10.2 Å². The molecule has 46 heavy (non-hydrogen) atoms. The average molecular weight is 637 g/mol. The van der Waals surface area contributed by atoms with Crippen LogP contribution in [-0.2, 0) is 22.1 Å². The number of ether oxygens (including phenoxy) is 1. The van der Waals surface area contributed by atoms with Crippen LogP contribution >= 0.6 is 0 Å². The summed E-state index contributed by atoms with van der Waals surface area (Å²) in [6, 6.07) is 10.9. The van der Waals surface area contributed by atoms with Gasteiger partial charge >= 0.3 is 6.18 Å². The van der Waals surface area contributed by atoms with Crippen molar-refractivity contribution in [3.8, 4) is 0 Å². The second-order valence-electron chi connectivity index (χ2n) is 13.0. The molecule has 250 valence electrons. The highest BCUT2D eigenvalue weighted by molar-refractivity contribution is 5.72. The lowest BCUT2D eigenvalue weighted by Crippen LogP contribution is -2.32. The number of aldehydes is 1. The Labute approximate surface area is 273 Å². The third-order valence-corrected chi connectivity index (χ3v) is 9.36. The van der Waals surface area contributed by atoms with E-state index in [2.05, 4.69) is 61.0 Å². The van der Waals surface area contributed by atoms with Crippen molar-refractivity contribution in [1.82, 2.24) is 5.32 Å². The fourth-order valence-corrected chi connectivity index (χ4v) is 6.72. The molecule has 1 aliphatic carbocycles. The summed E-state index contributed by atoms with van der Waals surface area (Å²) < 4.78 is 45.5. The average Bonchev–Trinajstić information content (AvgIpc) is 3.25. The molecule has 3 unspecified atom stereocenters. The van der Waals surface area contributed by atoms with E-state index in [0.717, 1.165) is 69.2 Å². The summed E-state index contributed by atoms with van der Waals surface area (Å²) >= 11 is 0. The van der Waals surface area contributed by atoms with Crippen molar-refractivity contribution in [2.24, 2.45) is 0 Å². The van der Waals surface area contributed by atoms with Gasteiger partial charge in [0.15, 0.2) is 0 Å². The highest BCUT2D eigenvalue weighted by Crippen LogP contribution is 2.36. The van der Waals surface area contributed by atoms with Crippen molar-refractivity contribution in [2.75, 3.05) is 25.1 Å². The van der Waals surface area contributed by atoms with E-state index in [4.69, 9.17) is 4.74 Å². The van der Waals surface area contributed by atoms with Gasteiger partial charge < -0.3 is 19.7 Å². The van der Waals surface area contributed by atoms with Crippen LogP contribution in [0.4, 0.5) is 18.9 Å². The van der Waals surface area contributed by atoms with E-state index < -0.39 is 17.8 Å². The van der Waals surface area contributed by atoms with Crippen molar-refractivity contribution in [3.63, 3.8) is 0 Å². The normalized spacial score (nSPS) is 18.4. The first-order valence-corrected chi connectivity index (χ1v) is 17.0. The number of carbonyl (C=O) groups excluding carboxylic acids is 1. The number of hydrogen-bond donors (Lipinski definition) is 1. The molecule has 2 aliphatic rings. The van der Waals surface area contributed by atoms with Crippen LogP contribution in [0.2, 0.25) is 0 Å². The van der Waals surface area contributed by atoms with Crippen molar-refractivity contribution in [1.29, 1.82) is 0 Å². The van der Waals surface area contributed by atoms with Crippen LogP contribution in [0.1, 0.15) is 106 Å². The smallest absolute Gasteiger partial charge is 0.377 e. The minimum atomic E-state index is -4.43. The van der Waals surface area contributed by atoms with E-state index in [-0.39, 0.29) is 12.5 Å². The van der Waals surface area contributed by atoms with Gasteiger partial charge in [0.05, 0.1) is 17.7 Å². The maximum absolute atomic E-state index is 13.3. The van der Waals surface area contributed by atoms with Crippen molar-refractivity contribution < 1.29 is 22.7 Å². The summed E-state index contributed by atoms with van der Waals surface area (Å²) in [5, 5.41) is 3.20. The molecule has 1 saturated heterocycles. The molecule has 2 aromatic carbocycles. The molecule has 2 aromatic rings. The van der Waals surface area contributed by atoms with Gasteiger partial charge in [-0.15, -0.1) is 0 Å². The zero-order valence-corrected chi connectivity index (χ0v) is 27.8. The maximum atomic E-state index is 13.3. The van der Waals surface area contributed by atoms with E-state index in [9.17, 15) is 18.0 Å². The fourth-order valence-electron chi connectivity index (χ4n) is 6.72. The van der Waals surface area contributed by atoms with Gasteiger partial charge in [0.1, 0.15) is 6.29 Å². The lowest BCUT2D eigenvalue weighted by atomic mass is 9.90. The summed E-state index contributed by atoms with van der Waals surface area (Å²) in [5.41, 5.74) is 6.57. The quantitative estimate of drug-likeness (QED) is 0.120. The first kappa shape index (κ1) is 35.5. The van der Waals surface area contributed by atoms with E-state index >= 15 is 0 Å². The lowest BCUT2D eigenvalue weighted by Gasteiger charge is -2.33. The van der Waals surface area contributed by atoms with E-state index in [1.165, 1.54) is 60.6 Å². The summed E-state index contributed by atoms with van der Waals surface area (Å²) in [6.45, 7) is 10.6. The van der Waals surface area contributed by atoms with Crippen molar-refractivity contribution in [2.45, 2.75) is 109 Å². The number of fused-ring (bicyclic) bond motifs is 2. The number of carbonyl (C=O) groups is 1. The molecule has 4 rings (SSSR count). The molecule has 0 saturated carbocycles. The number of halogens is 3. The lowest BCUT2D eigenvalue weighted by molar-refractivity contribution is -0.137. The molecule has 7 heteroatoms. The molecule has 4 nitrogen and oxygen atoms in total. The first-order valence-electron chi connectivity index (χ1n) is 17.0. The number of unbranched alkanes of at least 4 members (excludes halogenated alkanes) is 4. The number of allylic oxidation sites excluding steroid dienone is 1. The summed E-state index contributed by atoms with van der Waals surface area (Å²) in [4.78, 5) is 14.6. The standard InChI is InChI=1S/C39H51F3N2O2/c1-5-6-7-8-9-12-28(2)37-19-17-33(29(3)43-35(27-45)23-31-13-10-15-34(22-31)39(40,41)42)25-38(37)44-20-11-14-30-21-32(26-44)16-18-36(24-30)46-4/h10,13,15-17,19,22,24-25,27-28,35-36,43H,3,5-9,11-12,14,18,20-21,23,26H2,1-2,4H3. The first-order chi connectivity index (χ1) is 22.1. The molecule has 0 radical (unpaired) electrons. The highest BCUT2D eigenvalue weighted by Gasteiger charge is 2.30. The molecule has 0 spiro atoms. The van der Waals surface area contributed by atoms with Gasteiger partial charge in [-0.1, -0.05) is 106 Å². The Morgan fingerprint density at radius 2 is 1.93 bits per heavy atom. The number of nitrogens with one attached hydrogen (secondary N) is 1. The predicted molar refractivity (Wildman–Crippen MR) is 183 cm³/mol. The Morgan fingerprint density at radius 1 is 1.13 bits per heavy atom. The molecular weight excluding hydrogens is 585 g/mol. The number of nitrogens with zero attached hydrogens (tertiary/aromatic N) is 1. The largest absolute Gasteiger partial charge is 0.416 e. The Bertz CT molecular complexity index is 1380. The monoisotopic (exact) mass is 636 g/mol. The molecular formula is C39H51F3N2O2. The Morgan fingerprint density at radius 3 is 2.67 bits per heavy atom. The van der Waals surface area contributed by atoms with Crippen LogP contribution in [0.5, 0.6) is 0 Å². The van der Waals surface area contributed by atoms with Gasteiger partial charge in [-0.25, -0.2) is 0 Å². The van der Waals surface area contributed by atoms with Crippen LogP contribution in [0, 0.1) is 0 Å². The summed E-state index contributed by atoms with van der Waals surface area (Å²) in [5.74, 6) is 0.386. The van der Waals surface area contributed by atoms with Gasteiger partial charge in [-0.2, -0.15) is 13.2 Å². The van der Waals surface area contributed by atoms with E-state index in [1.807, 2.05) is 0 Å². The molecule has 1 fully saturated rings. The molecule has 1 aliphatic heterocycles. The number of hydrogen-bond acceptors (Lipinski definition) is 4. The molecule has 3 atom stereocenters. The Hall–Kier alpha value is -3.32. The maximum Gasteiger partial charge on any atom is 0.416 e. The van der Waals surface area contributed by atoms with Gasteiger partial charge in [-0.3, -0.25) is 0 Å². The SMILES string of the molecule is C=C(NC(C=O)Cc1cccc(C(F)(F)F)c1)c1ccc(C(C)CCCCCCC)c(N2CCCC3=CC(OC)CC=C(C3)C2)c1. The topological polar surface area (TPSA) is 41.6 Å². The summed E-state index contributed by atoms with van der Waals surface area (Å²) in [7, 11) is 1.78. The van der Waals surface area contributed by atoms with Crippen molar-refractivity contribution in [3.05, 3.63) is 94.6 Å². The zero-order chi connectivity index (χ0) is 33.1. The minimum absolute atomic E-state index is 0.127. The fraction of sp³-hybridized carbons (Fsp3) is 0.513. The number of alkyl halides is 3. The van der Waals surface area contributed by atoms with Crippen LogP contribution in [0.15, 0.2) is 72.3 Å². The van der Waals surface area contributed by atoms with Gasteiger partial charge in [0, 0.05) is 31.6 Å².